The summed E-state index contributed by atoms with van der Waals surface area (Å²) in [7, 11) is 0. The van der Waals surface area contributed by atoms with Crippen LogP contribution in [-0.4, -0.2) is 27.6 Å². The number of hydrogen-bond donors (Lipinski definition) is 3. The Labute approximate surface area is 154 Å². The summed E-state index contributed by atoms with van der Waals surface area (Å²) in [5, 5.41) is 13.9. The normalized spacial score (nSPS) is 11.0. The first-order valence-corrected chi connectivity index (χ1v) is 8.05. The molecule has 1 heterocycles. The highest BCUT2D eigenvalue weighted by molar-refractivity contribution is 5.89. The third kappa shape index (κ3) is 6.21. The molecule has 0 atom stereocenters. The van der Waals surface area contributed by atoms with Gasteiger partial charge in [0.2, 0.25) is 11.7 Å². The average Bonchev–Trinajstić information content (AvgIpc) is 2.58. The number of halogens is 2. The van der Waals surface area contributed by atoms with Gasteiger partial charge in [0.25, 0.3) is 0 Å². The number of ether oxygens (including phenoxy) is 1. The molecule has 0 fully saturated rings. The van der Waals surface area contributed by atoms with Gasteiger partial charge in [-0.05, 0) is 38.5 Å². The number of pyridine rings is 1. The molecule has 2 amide bonds. The minimum atomic E-state index is -1.12. The second kappa shape index (κ2) is 8.43. The number of aliphatic carboxylic acids is 1. The minimum absolute atomic E-state index is 0.0206. The molecule has 0 saturated heterocycles. The first kappa shape index (κ1) is 20.1. The van der Waals surface area contributed by atoms with Crippen molar-refractivity contribution in [1.82, 2.24) is 10.3 Å². The molecule has 2 aromatic rings. The van der Waals surface area contributed by atoms with Crippen LogP contribution < -0.4 is 15.4 Å². The summed E-state index contributed by atoms with van der Waals surface area (Å²) in [6, 6.07) is 5.87. The number of nitrogens with one attached hydrogen (secondary N) is 2. The van der Waals surface area contributed by atoms with Crippen molar-refractivity contribution in [3.8, 4) is 11.6 Å². The number of carboxylic acids is 1. The van der Waals surface area contributed by atoms with Crippen molar-refractivity contribution in [1.29, 1.82) is 0 Å². The van der Waals surface area contributed by atoms with E-state index in [9.17, 15) is 18.4 Å². The van der Waals surface area contributed by atoms with Crippen LogP contribution >= 0.6 is 0 Å². The molecule has 1 aromatic heterocycles. The van der Waals surface area contributed by atoms with Gasteiger partial charge in [-0.1, -0.05) is 6.07 Å². The molecular weight excluding hydrogens is 360 g/mol. The third-order valence-electron chi connectivity index (χ3n) is 3.54. The van der Waals surface area contributed by atoms with Crippen LogP contribution in [0.5, 0.6) is 11.6 Å². The molecule has 9 heteroatoms. The first-order chi connectivity index (χ1) is 12.7. The number of benzene rings is 1. The molecule has 3 N–H and O–H groups in total. The van der Waals surface area contributed by atoms with Gasteiger partial charge in [0.05, 0.1) is 11.9 Å². The van der Waals surface area contributed by atoms with E-state index < -0.39 is 29.2 Å². The zero-order valence-electron chi connectivity index (χ0n) is 14.8. The highest BCUT2D eigenvalue weighted by Crippen LogP contribution is 2.25. The lowest BCUT2D eigenvalue weighted by Gasteiger charge is -2.25. The van der Waals surface area contributed by atoms with Gasteiger partial charge in [-0.15, -0.1) is 0 Å². The largest absolute Gasteiger partial charge is 0.481 e. The van der Waals surface area contributed by atoms with Crippen LogP contribution in [0.3, 0.4) is 0 Å². The Morgan fingerprint density at radius 3 is 2.59 bits per heavy atom. The molecule has 0 saturated carbocycles. The third-order valence-corrected chi connectivity index (χ3v) is 3.54. The maximum Gasteiger partial charge on any atom is 0.319 e. The summed E-state index contributed by atoms with van der Waals surface area (Å²) in [5.41, 5.74) is -0.373. The fraction of sp³-hybridized carbons (Fsp3) is 0.278. The summed E-state index contributed by atoms with van der Waals surface area (Å²) in [6.45, 7) is 3.41. The molecule has 0 aliphatic heterocycles. The lowest BCUT2D eigenvalue weighted by molar-refractivity contribution is -0.137. The molecule has 2 rings (SSSR count). The van der Waals surface area contributed by atoms with Crippen molar-refractivity contribution in [2.45, 2.75) is 32.2 Å². The fourth-order valence-electron chi connectivity index (χ4n) is 2.14. The smallest absolute Gasteiger partial charge is 0.319 e. The van der Waals surface area contributed by atoms with Crippen LogP contribution in [0.25, 0.3) is 0 Å². The highest BCUT2D eigenvalue weighted by Gasteiger charge is 2.21. The number of nitrogens with zero attached hydrogens (tertiary/aromatic N) is 1. The summed E-state index contributed by atoms with van der Waals surface area (Å²) in [5.74, 6) is -3.38. The van der Waals surface area contributed by atoms with Gasteiger partial charge in [-0.25, -0.2) is 14.2 Å². The van der Waals surface area contributed by atoms with Gasteiger partial charge in [0.15, 0.2) is 11.6 Å². The van der Waals surface area contributed by atoms with Crippen molar-refractivity contribution >= 4 is 17.7 Å². The summed E-state index contributed by atoms with van der Waals surface area (Å²) in [6.07, 6.45) is 1.48. The van der Waals surface area contributed by atoms with Gasteiger partial charge < -0.3 is 20.5 Å². The van der Waals surface area contributed by atoms with Crippen molar-refractivity contribution in [2.24, 2.45) is 0 Å². The zero-order chi connectivity index (χ0) is 20.0. The van der Waals surface area contributed by atoms with Gasteiger partial charge in [-0.3, -0.25) is 4.79 Å². The molecule has 0 spiro atoms. The maximum atomic E-state index is 13.6. The quantitative estimate of drug-likeness (QED) is 0.677. The summed E-state index contributed by atoms with van der Waals surface area (Å²) in [4.78, 5) is 26.6. The monoisotopic (exact) mass is 379 g/mol. The Hall–Kier alpha value is -3.23. The molecule has 144 valence electrons. The first-order valence-electron chi connectivity index (χ1n) is 8.05. The average molecular weight is 379 g/mol. The zero-order valence-corrected chi connectivity index (χ0v) is 14.8. The molecule has 7 nitrogen and oxygen atoms in total. The molecule has 0 aliphatic rings. The summed E-state index contributed by atoms with van der Waals surface area (Å²) < 4.78 is 31.9. The number of carbonyl (C=O) groups excluding carboxylic acids is 1. The fourth-order valence-corrected chi connectivity index (χ4v) is 2.14. The van der Waals surface area contributed by atoms with E-state index in [2.05, 4.69) is 15.6 Å². The number of carboxylic acid groups (broad SMARTS) is 1. The molecule has 1 aromatic carbocycles. The van der Waals surface area contributed by atoms with E-state index >= 15 is 0 Å². The standard InChI is InChI=1S/C18H19F2N3O4/c1-18(2,9-8-15(24)25)23-17(26)22-11-6-7-14(21-10-11)27-13-5-3-4-12(19)16(13)20/h3-7,10H,8-9H2,1-2H3,(H,24,25)(H2,22,23,26). The van der Waals surface area contributed by atoms with Gasteiger partial charge in [-0.2, -0.15) is 4.39 Å². The minimum Gasteiger partial charge on any atom is -0.481 e. The number of urea groups is 1. The van der Waals surface area contributed by atoms with Gasteiger partial charge >= 0.3 is 12.0 Å². The van der Waals surface area contributed by atoms with E-state index in [0.29, 0.717) is 5.69 Å². The van der Waals surface area contributed by atoms with Crippen molar-refractivity contribution in [2.75, 3.05) is 5.32 Å². The number of aromatic nitrogens is 1. The maximum absolute atomic E-state index is 13.6. The molecule has 0 aliphatic carbocycles. The predicted octanol–water partition coefficient (Wildman–Crippen LogP) is 3.92. The van der Waals surface area contributed by atoms with Crippen LogP contribution in [0.1, 0.15) is 26.7 Å². The molecule has 27 heavy (non-hydrogen) atoms. The lowest BCUT2D eigenvalue weighted by atomic mass is 9.99. The molecule has 0 unspecified atom stereocenters. The van der Waals surface area contributed by atoms with Crippen molar-refractivity contribution in [3.63, 3.8) is 0 Å². The van der Waals surface area contributed by atoms with E-state index in [1.807, 2.05) is 0 Å². The molecule has 0 radical (unpaired) electrons. The van der Waals surface area contributed by atoms with Crippen LogP contribution in [0.4, 0.5) is 19.3 Å². The van der Waals surface area contributed by atoms with Gasteiger partial charge in [0.1, 0.15) is 0 Å². The van der Waals surface area contributed by atoms with Crippen LogP contribution in [-0.2, 0) is 4.79 Å². The Balaban J connectivity index is 1.94. The van der Waals surface area contributed by atoms with E-state index in [4.69, 9.17) is 9.84 Å². The Bertz CT molecular complexity index is 826. The van der Waals surface area contributed by atoms with Crippen molar-refractivity contribution < 1.29 is 28.2 Å². The second-order valence-electron chi connectivity index (χ2n) is 6.40. The Kier molecular flexibility index (Phi) is 6.27. The topological polar surface area (TPSA) is 101 Å². The number of amides is 2. The van der Waals surface area contributed by atoms with Crippen molar-refractivity contribution in [3.05, 3.63) is 48.2 Å². The van der Waals surface area contributed by atoms with Crippen LogP contribution in [0.2, 0.25) is 0 Å². The Morgan fingerprint density at radius 1 is 1.22 bits per heavy atom. The van der Waals surface area contributed by atoms with E-state index in [0.717, 1.165) is 6.07 Å². The van der Waals surface area contributed by atoms with Crippen LogP contribution in [0, 0.1) is 11.6 Å². The van der Waals surface area contributed by atoms with E-state index in [1.54, 1.807) is 13.8 Å². The molecule has 0 bridgehead atoms. The van der Waals surface area contributed by atoms with E-state index in [1.165, 1.54) is 30.5 Å². The number of rotatable bonds is 7. The van der Waals surface area contributed by atoms with Crippen LogP contribution in [0.15, 0.2) is 36.5 Å². The number of carbonyl (C=O) groups is 2. The van der Waals surface area contributed by atoms with Gasteiger partial charge in [0, 0.05) is 18.0 Å². The number of hydrogen-bond acceptors (Lipinski definition) is 4. The summed E-state index contributed by atoms with van der Waals surface area (Å²) >= 11 is 0. The number of anilines is 1. The predicted molar refractivity (Wildman–Crippen MR) is 93.8 cm³/mol. The SMILES string of the molecule is CC(C)(CCC(=O)O)NC(=O)Nc1ccc(Oc2cccc(F)c2F)nc1. The second-order valence-corrected chi connectivity index (χ2v) is 6.40. The lowest BCUT2D eigenvalue weighted by Crippen LogP contribution is -2.45. The van der Waals surface area contributed by atoms with E-state index in [-0.39, 0.29) is 24.5 Å². The highest BCUT2D eigenvalue weighted by atomic mass is 19.2. The molecular formula is C18H19F2N3O4. The Morgan fingerprint density at radius 2 is 1.96 bits per heavy atom.